The van der Waals surface area contributed by atoms with Gasteiger partial charge in [0, 0.05) is 12.7 Å². The van der Waals surface area contributed by atoms with Crippen molar-refractivity contribution >= 4 is 5.57 Å². The van der Waals surface area contributed by atoms with Gasteiger partial charge in [-0.25, -0.2) is 0 Å². The number of rotatable bonds is 8. The first-order valence-corrected chi connectivity index (χ1v) is 9.70. The zero-order chi connectivity index (χ0) is 20.5. The van der Waals surface area contributed by atoms with E-state index in [-0.39, 0.29) is 6.61 Å². The first-order chi connectivity index (χ1) is 13.5. The van der Waals surface area contributed by atoms with Gasteiger partial charge in [0.1, 0.15) is 0 Å². The van der Waals surface area contributed by atoms with Crippen LogP contribution in [0.3, 0.4) is 0 Å². The second-order valence-corrected chi connectivity index (χ2v) is 7.12. The van der Waals surface area contributed by atoms with Crippen molar-refractivity contribution in [2.45, 2.75) is 26.7 Å². The Hall–Kier alpha value is -2.84. The largest absolute Gasteiger partial charge is 0.390 e. The van der Waals surface area contributed by atoms with Gasteiger partial charge in [0.15, 0.2) is 0 Å². The Morgan fingerprint density at radius 2 is 1.89 bits per heavy atom. The molecule has 0 aliphatic carbocycles. The van der Waals surface area contributed by atoms with E-state index in [0.29, 0.717) is 5.92 Å². The van der Waals surface area contributed by atoms with Crippen LogP contribution in [0.25, 0.3) is 16.7 Å². The quantitative estimate of drug-likeness (QED) is 0.542. The van der Waals surface area contributed by atoms with Gasteiger partial charge in [0.05, 0.1) is 6.61 Å². The highest BCUT2D eigenvalue weighted by Crippen LogP contribution is 2.30. The smallest absolute Gasteiger partial charge is 0.0832 e. The molecule has 0 radical (unpaired) electrons. The predicted molar refractivity (Wildman–Crippen MR) is 122 cm³/mol. The maximum absolute atomic E-state index is 9.54. The molecule has 28 heavy (non-hydrogen) atoms. The van der Waals surface area contributed by atoms with Crippen molar-refractivity contribution in [1.29, 1.82) is 0 Å². The number of nitrogens with zero attached hydrogens (tertiary/aromatic N) is 1. The molecular formula is C26H31NO. The van der Waals surface area contributed by atoms with Gasteiger partial charge in [0.25, 0.3) is 0 Å². The van der Waals surface area contributed by atoms with Crippen LogP contribution in [0.5, 0.6) is 0 Å². The molecule has 2 rings (SSSR count). The Labute approximate surface area is 169 Å². The highest BCUT2D eigenvalue weighted by atomic mass is 16.3. The van der Waals surface area contributed by atoms with Crippen molar-refractivity contribution < 1.29 is 5.11 Å². The number of allylic oxidation sites excluding steroid dienone is 5. The maximum atomic E-state index is 9.54. The summed E-state index contributed by atoms with van der Waals surface area (Å²) >= 11 is 0. The second kappa shape index (κ2) is 10.5. The Balaban J connectivity index is 2.26. The number of aliphatic hydroxyl groups is 1. The molecule has 146 valence electrons. The molecule has 0 aromatic heterocycles. The fourth-order valence-electron chi connectivity index (χ4n) is 3.12. The Kier molecular flexibility index (Phi) is 8.03. The van der Waals surface area contributed by atoms with Crippen molar-refractivity contribution in [1.82, 2.24) is 4.90 Å². The van der Waals surface area contributed by atoms with Crippen molar-refractivity contribution in [3.63, 3.8) is 0 Å². The summed E-state index contributed by atoms with van der Waals surface area (Å²) in [5.41, 5.74) is 6.67. The van der Waals surface area contributed by atoms with E-state index in [1.54, 1.807) is 0 Å². The molecule has 2 aromatic rings. The van der Waals surface area contributed by atoms with Crippen LogP contribution in [0.15, 0.2) is 91.3 Å². The van der Waals surface area contributed by atoms with E-state index in [9.17, 15) is 5.11 Å². The van der Waals surface area contributed by atoms with E-state index in [0.717, 1.165) is 16.8 Å². The molecule has 0 aliphatic heterocycles. The minimum Gasteiger partial charge on any atom is -0.390 e. The number of likely N-dealkylation sites (N-methyl/N-ethyl adjacent to an activating group) is 1. The third kappa shape index (κ3) is 5.58. The second-order valence-electron chi connectivity index (χ2n) is 7.12. The molecule has 2 nitrogen and oxygen atoms in total. The predicted octanol–water partition coefficient (Wildman–Crippen LogP) is 6.39. The summed E-state index contributed by atoms with van der Waals surface area (Å²) in [6.45, 7) is 10.6. The SMILES string of the molecule is C=C(/C=C\C=C(/CO)N(C)/C=C/C)c1cccc(-c2ccccc2C(C)C)c1. The Bertz CT molecular complexity index is 887. The van der Waals surface area contributed by atoms with Crippen LogP contribution in [0, 0.1) is 0 Å². The maximum Gasteiger partial charge on any atom is 0.0832 e. The van der Waals surface area contributed by atoms with Crippen LogP contribution in [0.4, 0.5) is 0 Å². The molecule has 0 amide bonds. The summed E-state index contributed by atoms with van der Waals surface area (Å²) < 4.78 is 0. The molecule has 0 atom stereocenters. The fraction of sp³-hybridized carbons (Fsp3) is 0.231. The highest BCUT2D eigenvalue weighted by molar-refractivity contribution is 5.77. The third-order valence-corrected chi connectivity index (χ3v) is 4.70. The van der Waals surface area contributed by atoms with Gasteiger partial charge < -0.3 is 10.0 Å². The third-order valence-electron chi connectivity index (χ3n) is 4.70. The molecule has 0 bridgehead atoms. The van der Waals surface area contributed by atoms with Crippen molar-refractivity contribution in [2.75, 3.05) is 13.7 Å². The number of benzene rings is 2. The summed E-state index contributed by atoms with van der Waals surface area (Å²) in [6.07, 6.45) is 9.67. The molecule has 0 aliphatic rings. The first-order valence-electron chi connectivity index (χ1n) is 9.70. The lowest BCUT2D eigenvalue weighted by Gasteiger charge is -2.15. The van der Waals surface area contributed by atoms with E-state index in [2.05, 4.69) is 69.0 Å². The summed E-state index contributed by atoms with van der Waals surface area (Å²) in [5.74, 6) is 0.471. The van der Waals surface area contributed by atoms with E-state index in [1.807, 2.05) is 49.4 Å². The van der Waals surface area contributed by atoms with Crippen LogP contribution < -0.4 is 0 Å². The van der Waals surface area contributed by atoms with E-state index in [1.165, 1.54) is 16.7 Å². The number of hydrogen-bond donors (Lipinski definition) is 1. The van der Waals surface area contributed by atoms with Gasteiger partial charge in [-0.3, -0.25) is 0 Å². The van der Waals surface area contributed by atoms with E-state index < -0.39 is 0 Å². The molecule has 0 unspecified atom stereocenters. The van der Waals surface area contributed by atoms with Crippen LogP contribution in [0.1, 0.15) is 37.8 Å². The lowest BCUT2D eigenvalue weighted by molar-refractivity contribution is 0.298. The zero-order valence-electron chi connectivity index (χ0n) is 17.4. The molecule has 0 heterocycles. The topological polar surface area (TPSA) is 23.5 Å². The first kappa shape index (κ1) is 21.5. The van der Waals surface area contributed by atoms with Gasteiger partial charge in [-0.2, -0.15) is 0 Å². The molecule has 0 saturated heterocycles. The zero-order valence-corrected chi connectivity index (χ0v) is 17.4. The summed E-state index contributed by atoms with van der Waals surface area (Å²) in [5, 5.41) is 9.54. The van der Waals surface area contributed by atoms with Gasteiger partial charge >= 0.3 is 0 Å². The molecule has 0 spiro atoms. The minimum atomic E-state index is -0.0148. The van der Waals surface area contributed by atoms with E-state index in [4.69, 9.17) is 0 Å². The van der Waals surface area contributed by atoms with Crippen molar-refractivity contribution in [3.8, 4) is 11.1 Å². The van der Waals surface area contributed by atoms with Gasteiger partial charge in [-0.15, -0.1) is 0 Å². The van der Waals surface area contributed by atoms with Crippen molar-refractivity contribution in [3.05, 3.63) is 102 Å². The molecule has 2 aromatic carbocycles. The number of hydrogen-bond acceptors (Lipinski definition) is 2. The molecule has 1 N–H and O–H groups in total. The average molecular weight is 374 g/mol. The van der Waals surface area contributed by atoms with E-state index >= 15 is 0 Å². The average Bonchev–Trinajstić information content (AvgIpc) is 2.71. The molecular weight excluding hydrogens is 342 g/mol. The highest BCUT2D eigenvalue weighted by Gasteiger charge is 2.08. The van der Waals surface area contributed by atoms with Crippen molar-refractivity contribution in [2.24, 2.45) is 0 Å². The monoisotopic (exact) mass is 373 g/mol. The van der Waals surface area contributed by atoms with Crippen LogP contribution >= 0.6 is 0 Å². The number of aliphatic hydroxyl groups excluding tert-OH is 1. The Morgan fingerprint density at radius 1 is 1.14 bits per heavy atom. The van der Waals surface area contributed by atoms with Crippen LogP contribution in [0.2, 0.25) is 0 Å². The molecule has 0 saturated carbocycles. The van der Waals surface area contributed by atoms with Gasteiger partial charge in [-0.05, 0) is 59.0 Å². The fourth-order valence-corrected chi connectivity index (χ4v) is 3.12. The lowest BCUT2D eigenvalue weighted by Crippen LogP contribution is -2.12. The lowest BCUT2D eigenvalue weighted by atomic mass is 9.91. The van der Waals surface area contributed by atoms with Crippen LogP contribution in [-0.2, 0) is 0 Å². The normalized spacial score (nSPS) is 12.3. The molecule has 0 fully saturated rings. The van der Waals surface area contributed by atoms with Gasteiger partial charge in [-0.1, -0.05) is 81.1 Å². The summed E-state index contributed by atoms with van der Waals surface area (Å²) in [7, 11) is 1.92. The van der Waals surface area contributed by atoms with Gasteiger partial charge in [0.2, 0.25) is 0 Å². The summed E-state index contributed by atoms with van der Waals surface area (Å²) in [4.78, 5) is 1.90. The van der Waals surface area contributed by atoms with Crippen LogP contribution in [-0.4, -0.2) is 23.7 Å². The molecule has 2 heteroatoms. The Morgan fingerprint density at radius 3 is 2.57 bits per heavy atom. The minimum absolute atomic E-state index is 0.0148. The standard InChI is InChI=1S/C26H31NO/c1-6-17-27(5)24(19-28)14-9-11-21(4)22-12-10-13-23(18-22)26-16-8-7-15-25(26)20(2)3/h6-18,20,28H,4,19H2,1-3,5H3/b11-9-,17-6+,24-14+. The summed E-state index contributed by atoms with van der Waals surface area (Å²) in [6, 6.07) is 17.1.